The van der Waals surface area contributed by atoms with Gasteiger partial charge in [-0.05, 0) is 12.1 Å². The topological polar surface area (TPSA) is 139 Å². The van der Waals surface area contributed by atoms with Crippen LogP contribution in [0.25, 0.3) is 0 Å². The minimum atomic E-state index is -1.02. The van der Waals surface area contributed by atoms with Crippen molar-refractivity contribution in [2.75, 3.05) is 13.1 Å². The van der Waals surface area contributed by atoms with Crippen LogP contribution in [-0.2, 0) is 22.7 Å². The Morgan fingerprint density at radius 2 is 1.20 bits per heavy atom. The van der Waals surface area contributed by atoms with Gasteiger partial charge in [-0.2, -0.15) is 0 Å². The number of phenols is 2. The highest BCUT2D eigenvalue weighted by atomic mass is 16.4. The Bertz CT molecular complexity index is 457. The summed E-state index contributed by atoms with van der Waals surface area (Å²) in [6.45, 7) is -0.340. The predicted molar refractivity (Wildman–Crippen MR) is 68.5 cm³/mol. The number of phenolic OH excluding ortho intramolecular Hbond substituents is 2. The zero-order valence-electron chi connectivity index (χ0n) is 10.6. The van der Waals surface area contributed by atoms with Gasteiger partial charge in [-0.25, -0.2) is 0 Å². The zero-order valence-corrected chi connectivity index (χ0v) is 10.6. The van der Waals surface area contributed by atoms with Crippen LogP contribution in [0.4, 0.5) is 0 Å². The minimum Gasteiger partial charge on any atom is -0.508 e. The van der Waals surface area contributed by atoms with Crippen LogP contribution in [0.1, 0.15) is 11.1 Å². The average molecular weight is 284 g/mol. The molecule has 20 heavy (non-hydrogen) atoms. The largest absolute Gasteiger partial charge is 0.508 e. The fourth-order valence-electron chi connectivity index (χ4n) is 1.55. The number of aliphatic carboxylic acids is 2. The second-order valence-electron chi connectivity index (χ2n) is 4.10. The Morgan fingerprint density at radius 3 is 1.50 bits per heavy atom. The number of hydrogen-bond donors (Lipinski definition) is 6. The van der Waals surface area contributed by atoms with Crippen LogP contribution in [0.3, 0.4) is 0 Å². The fourth-order valence-corrected chi connectivity index (χ4v) is 1.55. The van der Waals surface area contributed by atoms with Gasteiger partial charge in [-0.1, -0.05) is 0 Å². The third-order valence-corrected chi connectivity index (χ3v) is 2.46. The van der Waals surface area contributed by atoms with Gasteiger partial charge in [0.15, 0.2) is 0 Å². The number of carboxylic acids is 2. The SMILES string of the molecule is O=C(O)CNCc1cc(O)c(CNCC(=O)O)cc1O. The van der Waals surface area contributed by atoms with Gasteiger partial charge in [0, 0.05) is 24.2 Å². The number of carbonyl (C=O) groups is 2. The fraction of sp³-hybridized carbons (Fsp3) is 0.333. The van der Waals surface area contributed by atoms with Gasteiger partial charge in [0.2, 0.25) is 0 Å². The third-order valence-electron chi connectivity index (χ3n) is 2.46. The van der Waals surface area contributed by atoms with Crippen molar-refractivity contribution in [2.45, 2.75) is 13.1 Å². The summed E-state index contributed by atoms with van der Waals surface area (Å²) >= 11 is 0. The van der Waals surface area contributed by atoms with Gasteiger partial charge < -0.3 is 31.1 Å². The van der Waals surface area contributed by atoms with E-state index in [1.807, 2.05) is 0 Å². The Hall–Kier alpha value is -2.32. The van der Waals surface area contributed by atoms with Gasteiger partial charge in [-0.15, -0.1) is 0 Å². The number of rotatable bonds is 8. The molecule has 0 radical (unpaired) electrons. The first-order chi connectivity index (χ1) is 9.40. The van der Waals surface area contributed by atoms with E-state index in [0.717, 1.165) is 0 Å². The molecular weight excluding hydrogens is 268 g/mol. The van der Waals surface area contributed by atoms with Crippen LogP contribution in [0.2, 0.25) is 0 Å². The van der Waals surface area contributed by atoms with Crippen LogP contribution in [0.5, 0.6) is 11.5 Å². The molecule has 8 nitrogen and oxygen atoms in total. The summed E-state index contributed by atoms with van der Waals surface area (Å²) in [6, 6.07) is 2.62. The van der Waals surface area contributed by atoms with Crippen molar-refractivity contribution in [3.05, 3.63) is 23.3 Å². The summed E-state index contributed by atoms with van der Waals surface area (Å²) < 4.78 is 0. The van der Waals surface area contributed by atoms with Crippen molar-refractivity contribution in [1.29, 1.82) is 0 Å². The van der Waals surface area contributed by atoms with E-state index < -0.39 is 11.9 Å². The van der Waals surface area contributed by atoms with E-state index in [1.165, 1.54) is 12.1 Å². The molecule has 8 heteroatoms. The summed E-state index contributed by atoms with van der Waals surface area (Å²) in [4.78, 5) is 20.7. The molecule has 0 amide bonds. The highest BCUT2D eigenvalue weighted by Crippen LogP contribution is 2.27. The lowest BCUT2D eigenvalue weighted by Gasteiger charge is -2.10. The number of carboxylic acid groups (broad SMARTS) is 2. The molecule has 1 aromatic rings. The summed E-state index contributed by atoms with van der Waals surface area (Å²) in [5, 5.41) is 41.6. The first-order valence-corrected chi connectivity index (χ1v) is 5.79. The maximum atomic E-state index is 10.3. The molecule has 0 atom stereocenters. The first kappa shape index (κ1) is 15.7. The van der Waals surface area contributed by atoms with E-state index in [4.69, 9.17) is 10.2 Å². The average Bonchev–Trinajstić information content (AvgIpc) is 2.33. The van der Waals surface area contributed by atoms with Gasteiger partial charge in [0.05, 0.1) is 13.1 Å². The molecule has 0 aromatic heterocycles. The lowest BCUT2D eigenvalue weighted by molar-refractivity contribution is -0.137. The number of benzene rings is 1. The predicted octanol–water partition coefficient (Wildman–Crippen LogP) is -0.554. The van der Waals surface area contributed by atoms with E-state index in [2.05, 4.69) is 10.6 Å². The lowest BCUT2D eigenvalue weighted by atomic mass is 10.1. The lowest BCUT2D eigenvalue weighted by Crippen LogP contribution is -2.22. The van der Waals surface area contributed by atoms with E-state index in [-0.39, 0.29) is 37.7 Å². The van der Waals surface area contributed by atoms with Crippen LogP contribution in [0, 0.1) is 0 Å². The standard InChI is InChI=1S/C12H16N2O6/c15-9-1-7(3-13-5-11(17)18)10(16)2-8(9)4-14-6-12(19)20/h1-2,13-16H,3-6H2,(H,17,18)(H,19,20). The summed E-state index contributed by atoms with van der Waals surface area (Å²) in [5.74, 6) is -2.26. The second-order valence-corrected chi connectivity index (χ2v) is 4.10. The van der Waals surface area contributed by atoms with Crippen molar-refractivity contribution in [2.24, 2.45) is 0 Å². The molecule has 6 N–H and O–H groups in total. The Balaban J connectivity index is 2.65. The van der Waals surface area contributed by atoms with Crippen molar-refractivity contribution < 1.29 is 30.0 Å². The molecule has 1 aromatic carbocycles. The number of nitrogens with one attached hydrogen (secondary N) is 2. The molecule has 0 heterocycles. The van der Waals surface area contributed by atoms with Crippen LogP contribution in [-0.4, -0.2) is 45.5 Å². The van der Waals surface area contributed by atoms with E-state index in [0.29, 0.717) is 11.1 Å². The highest BCUT2D eigenvalue weighted by Gasteiger charge is 2.09. The maximum Gasteiger partial charge on any atom is 0.317 e. The van der Waals surface area contributed by atoms with Gasteiger partial charge in [0.25, 0.3) is 0 Å². The number of hydrogen-bond acceptors (Lipinski definition) is 6. The van der Waals surface area contributed by atoms with Crippen molar-refractivity contribution in [1.82, 2.24) is 10.6 Å². The second kappa shape index (κ2) is 7.31. The van der Waals surface area contributed by atoms with Gasteiger partial charge in [-0.3, -0.25) is 9.59 Å². The van der Waals surface area contributed by atoms with Crippen LogP contribution in [0.15, 0.2) is 12.1 Å². The van der Waals surface area contributed by atoms with Crippen molar-refractivity contribution in [3.63, 3.8) is 0 Å². The van der Waals surface area contributed by atoms with E-state index in [9.17, 15) is 19.8 Å². The Labute approximate surface area is 114 Å². The monoisotopic (exact) mass is 284 g/mol. The molecule has 0 spiro atoms. The molecule has 0 fully saturated rings. The zero-order chi connectivity index (χ0) is 15.1. The quantitative estimate of drug-likeness (QED) is 0.349. The molecule has 110 valence electrons. The van der Waals surface area contributed by atoms with Crippen molar-refractivity contribution >= 4 is 11.9 Å². The molecule has 0 aliphatic rings. The number of aromatic hydroxyl groups is 2. The maximum absolute atomic E-state index is 10.3. The normalized spacial score (nSPS) is 10.4. The Kier molecular flexibility index (Phi) is 5.75. The first-order valence-electron chi connectivity index (χ1n) is 5.79. The summed E-state index contributed by atoms with van der Waals surface area (Å²) in [5.41, 5.74) is 0.705. The molecule has 0 saturated heterocycles. The van der Waals surface area contributed by atoms with Crippen molar-refractivity contribution in [3.8, 4) is 11.5 Å². The van der Waals surface area contributed by atoms with Crippen LogP contribution < -0.4 is 10.6 Å². The molecule has 0 saturated carbocycles. The smallest absolute Gasteiger partial charge is 0.317 e. The Morgan fingerprint density at radius 1 is 0.850 bits per heavy atom. The van der Waals surface area contributed by atoms with Gasteiger partial charge >= 0.3 is 11.9 Å². The van der Waals surface area contributed by atoms with E-state index >= 15 is 0 Å². The van der Waals surface area contributed by atoms with E-state index in [1.54, 1.807) is 0 Å². The van der Waals surface area contributed by atoms with Gasteiger partial charge in [0.1, 0.15) is 11.5 Å². The molecule has 1 rings (SSSR count). The molecular formula is C12H16N2O6. The third kappa shape index (κ3) is 5.12. The summed E-state index contributed by atoms with van der Waals surface area (Å²) in [6.07, 6.45) is 0. The van der Waals surface area contributed by atoms with Crippen LogP contribution >= 0.6 is 0 Å². The molecule has 0 aliphatic carbocycles. The minimum absolute atomic E-state index is 0.0918. The molecule has 0 bridgehead atoms. The summed E-state index contributed by atoms with van der Waals surface area (Å²) in [7, 11) is 0. The highest BCUT2D eigenvalue weighted by molar-refractivity contribution is 5.69. The molecule has 0 aliphatic heterocycles. The molecule has 0 unspecified atom stereocenters.